The zero-order chi connectivity index (χ0) is 18.1. The molecule has 0 saturated heterocycles. The Morgan fingerprint density at radius 1 is 1.12 bits per heavy atom. The zero-order valence-corrected chi connectivity index (χ0v) is 15.1. The van der Waals surface area contributed by atoms with Crippen molar-refractivity contribution in [1.82, 2.24) is 4.98 Å². The number of fused-ring (bicyclic) bond motifs is 1. The molecule has 2 heterocycles. The molecule has 0 atom stereocenters. The molecular formula is C21H18ClN3O. The molecule has 1 N–H and O–H groups in total. The highest BCUT2D eigenvalue weighted by molar-refractivity contribution is 6.31. The molecule has 1 aliphatic rings. The smallest absolute Gasteiger partial charge is 0.276 e. The summed E-state index contributed by atoms with van der Waals surface area (Å²) in [6.07, 6.45) is 2.56. The number of carbonyl (C=O) groups excluding carboxylic acids is 1. The van der Waals surface area contributed by atoms with Crippen molar-refractivity contribution < 1.29 is 4.79 Å². The van der Waals surface area contributed by atoms with Gasteiger partial charge in [0, 0.05) is 22.9 Å². The van der Waals surface area contributed by atoms with Crippen LogP contribution in [0.1, 0.15) is 21.6 Å². The summed E-state index contributed by atoms with van der Waals surface area (Å²) in [6.45, 7) is 2.66. The fourth-order valence-corrected chi connectivity index (χ4v) is 3.35. The predicted octanol–water partition coefficient (Wildman–Crippen LogP) is 4.99. The molecule has 1 aromatic heterocycles. The Morgan fingerprint density at radius 2 is 1.96 bits per heavy atom. The summed E-state index contributed by atoms with van der Waals surface area (Å²) in [5, 5.41) is 4.00. The van der Waals surface area contributed by atoms with Gasteiger partial charge in [-0.2, -0.15) is 0 Å². The number of hydrogen-bond acceptors (Lipinski definition) is 3. The lowest BCUT2D eigenvalue weighted by Crippen LogP contribution is -2.29. The van der Waals surface area contributed by atoms with Crippen LogP contribution in [0, 0.1) is 6.92 Å². The number of carbonyl (C=O) groups is 1. The second-order valence-corrected chi connectivity index (χ2v) is 6.71. The minimum absolute atomic E-state index is 0.0690. The number of halogens is 1. The highest BCUT2D eigenvalue weighted by atomic mass is 35.5. The van der Waals surface area contributed by atoms with Gasteiger partial charge in [-0.3, -0.25) is 4.79 Å². The van der Waals surface area contributed by atoms with Crippen LogP contribution >= 0.6 is 11.6 Å². The van der Waals surface area contributed by atoms with E-state index < -0.39 is 0 Å². The molecule has 5 heteroatoms. The van der Waals surface area contributed by atoms with Crippen molar-refractivity contribution in [2.45, 2.75) is 13.3 Å². The average Bonchev–Trinajstić information content (AvgIpc) is 3.10. The maximum absolute atomic E-state index is 12.8. The Labute approximate surface area is 157 Å². The fraction of sp³-hybridized carbons (Fsp3) is 0.143. The molecule has 1 amide bonds. The topological polar surface area (TPSA) is 45.2 Å². The molecule has 1 aliphatic heterocycles. The van der Waals surface area contributed by atoms with Gasteiger partial charge in [0.25, 0.3) is 5.91 Å². The first-order chi connectivity index (χ1) is 12.6. The number of para-hydroxylation sites is 1. The number of nitrogens with one attached hydrogen (secondary N) is 1. The molecule has 0 aliphatic carbocycles. The van der Waals surface area contributed by atoms with E-state index in [1.54, 1.807) is 17.2 Å². The first-order valence-electron chi connectivity index (χ1n) is 8.51. The lowest BCUT2D eigenvalue weighted by molar-refractivity contribution is 0.0984. The molecule has 4 rings (SSSR count). The van der Waals surface area contributed by atoms with Crippen LogP contribution in [-0.2, 0) is 6.42 Å². The van der Waals surface area contributed by atoms with Crippen molar-refractivity contribution in [3.63, 3.8) is 0 Å². The Morgan fingerprint density at radius 3 is 2.77 bits per heavy atom. The summed E-state index contributed by atoms with van der Waals surface area (Å²) in [5.74, 6) is -0.0690. The predicted molar refractivity (Wildman–Crippen MR) is 106 cm³/mol. The maximum atomic E-state index is 12.8. The van der Waals surface area contributed by atoms with E-state index >= 15 is 0 Å². The summed E-state index contributed by atoms with van der Waals surface area (Å²) < 4.78 is 0. The van der Waals surface area contributed by atoms with E-state index in [9.17, 15) is 4.79 Å². The lowest BCUT2D eigenvalue weighted by Gasteiger charge is -2.17. The van der Waals surface area contributed by atoms with Gasteiger partial charge in [-0.25, -0.2) is 4.98 Å². The number of rotatable bonds is 3. The lowest BCUT2D eigenvalue weighted by atomic mass is 10.2. The van der Waals surface area contributed by atoms with Crippen molar-refractivity contribution in [3.8, 4) is 0 Å². The van der Waals surface area contributed by atoms with E-state index in [2.05, 4.69) is 16.4 Å². The first kappa shape index (κ1) is 16.6. The number of pyridine rings is 1. The number of anilines is 3. The number of nitrogens with zero attached hydrogens (tertiary/aromatic N) is 2. The van der Waals surface area contributed by atoms with Crippen molar-refractivity contribution >= 4 is 34.6 Å². The SMILES string of the molecule is Cc1c(Cl)cccc1Nc1ccc(C(=O)N2CCc3ccccc32)nc1. The van der Waals surface area contributed by atoms with E-state index in [0.29, 0.717) is 17.3 Å². The highest BCUT2D eigenvalue weighted by Crippen LogP contribution is 2.29. The molecule has 2 aromatic carbocycles. The Kier molecular flexibility index (Phi) is 4.35. The zero-order valence-electron chi connectivity index (χ0n) is 14.4. The average molecular weight is 364 g/mol. The minimum atomic E-state index is -0.0690. The van der Waals surface area contributed by atoms with E-state index in [0.717, 1.165) is 29.0 Å². The number of amides is 1. The van der Waals surface area contributed by atoms with Gasteiger partial charge in [-0.1, -0.05) is 35.9 Å². The summed E-state index contributed by atoms with van der Waals surface area (Å²) >= 11 is 6.16. The van der Waals surface area contributed by atoms with E-state index in [-0.39, 0.29) is 5.91 Å². The van der Waals surface area contributed by atoms with Crippen LogP contribution < -0.4 is 10.2 Å². The molecule has 0 unspecified atom stereocenters. The van der Waals surface area contributed by atoms with Crippen LogP contribution in [0.3, 0.4) is 0 Å². The van der Waals surface area contributed by atoms with Crippen molar-refractivity contribution in [3.05, 3.63) is 82.6 Å². The summed E-state index contributed by atoms with van der Waals surface area (Å²) in [7, 11) is 0. The summed E-state index contributed by atoms with van der Waals surface area (Å²) in [4.78, 5) is 19.0. The molecule has 0 saturated carbocycles. The number of benzene rings is 2. The molecule has 130 valence electrons. The van der Waals surface area contributed by atoms with Gasteiger partial charge in [0.2, 0.25) is 0 Å². The van der Waals surface area contributed by atoms with Gasteiger partial charge in [-0.05, 0) is 54.8 Å². The standard InChI is InChI=1S/C21H18ClN3O/c1-14-17(22)6-4-7-18(14)24-16-9-10-19(23-13-16)21(26)25-12-11-15-5-2-3-8-20(15)25/h2-10,13,24H,11-12H2,1H3. The van der Waals surface area contributed by atoms with E-state index in [1.807, 2.05) is 49.4 Å². The molecule has 0 bridgehead atoms. The quantitative estimate of drug-likeness (QED) is 0.713. The third kappa shape index (κ3) is 3.04. The molecule has 3 aromatic rings. The highest BCUT2D eigenvalue weighted by Gasteiger charge is 2.25. The van der Waals surface area contributed by atoms with Crippen LogP contribution in [0.15, 0.2) is 60.8 Å². The Hall–Kier alpha value is -2.85. The first-order valence-corrected chi connectivity index (χ1v) is 8.89. The third-order valence-corrected chi connectivity index (χ3v) is 5.07. The summed E-state index contributed by atoms with van der Waals surface area (Å²) in [6, 6.07) is 17.3. The van der Waals surface area contributed by atoms with Crippen molar-refractivity contribution in [2.75, 3.05) is 16.8 Å². The van der Waals surface area contributed by atoms with Gasteiger partial charge in [0.05, 0.1) is 11.9 Å². The van der Waals surface area contributed by atoms with Gasteiger partial charge in [-0.15, -0.1) is 0 Å². The van der Waals surface area contributed by atoms with Gasteiger partial charge in [0.15, 0.2) is 0 Å². The van der Waals surface area contributed by atoms with Crippen LogP contribution in [0.4, 0.5) is 17.1 Å². The maximum Gasteiger partial charge on any atom is 0.276 e. The molecule has 0 radical (unpaired) electrons. The number of aromatic nitrogens is 1. The normalized spacial score (nSPS) is 12.8. The van der Waals surface area contributed by atoms with Crippen molar-refractivity contribution in [2.24, 2.45) is 0 Å². The Balaban J connectivity index is 1.53. The van der Waals surface area contributed by atoms with E-state index in [1.165, 1.54) is 5.56 Å². The second kappa shape index (κ2) is 6.81. The van der Waals surface area contributed by atoms with Gasteiger partial charge >= 0.3 is 0 Å². The Bertz CT molecular complexity index is 969. The van der Waals surface area contributed by atoms with Gasteiger partial charge in [0.1, 0.15) is 5.69 Å². The fourth-order valence-electron chi connectivity index (χ4n) is 3.18. The monoisotopic (exact) mass is 363 g/mol. The molecular weight excluding hydrogens is 346 g/mol. The molecule has 26 heavy (non-hydrogen) atoms. The summed E-state index contributed by atoms with van der Waals surface area (Å²) in [5.41, 5.74) is 5.34. The van der Waals surface area contributed by atoms with Crippen LogP contribution in [0.2, 0.25) is 5.02 Å². The van der Waals surface area contributed by atoms with Crippen LogP contribution in [0.25, 0.3) is 0 Å². The second-order valence-electron chi connectivity index (χ2n) is 6.31. The van der Waals surface area contributed by atoms with Crippen LogP contribution in [-0.4, -0.2) is 17.4 Å². The number of hydrogen-bond donors (Lipinski definition) is 1. The largest absolute Gasteiger partial charge is 0.354 e. The third-order valence-electron chi connectivity index (χ3n) is 4.66. The molecule has 4 nitrogen and oxygen atoms in total. The van der Waals surface area contributed by atoms with Crippen molar-refractivity contribution in [1.29, 1.82) is 0 Å². The molecule has 0 spiro atoms. The molecule has 0 fully saturated rings. The van der Waals surface area contributed by atoms with Crippen LogP contribution in [0.5, 0.6) is 0 Å². The minimum Gasteiger partial charge on any atom is -0.354 e. The van der Waals surface area contributed by atoms with Gasteiger partial charge < -0.3 is 10.2 Å². The van der Waals surface area contributed by atoms with E-state index in [4.69, 9.17) is 11.6 Å².